The van der Waals surface area contributed by atoms with Crippen LogP contribution in [0.3, 0.4) is 0 Å². The molecule has 1 heterocycles. The molecule has 0 saturated heterocycles. The molecule has 2 amide bonds. The molecule has 0 fully saturated rings. The Morgan fingerprint density at radius 3 is 2.50 bits per heavy atom. The van der Waals surface area contributed by atoms with Crippen molar-refractivity contribution in [3.05, 3.63) is 29.5 Å². The Morgan fingerprint density at radius 2 is 1.86 bits per heavy atom. The van der Waals surface area contributed by atoms with Gasteiger partial charge in [0.1, 0.15) is 0 Å². The minimum atomic E-state index is -0.440. The number of carbonyl (C=O) groups is 2. The number of nitrogens with one attached hydrogen (secondary N) is 2. The summed E-state index contributed by atoms with van der Waals surface area (Å²) in [5.41, 5.74) is 2.65. The third kappa shape index (κ3) is 3.85. The minimum Gasteiger partial charge on any atom is -0.296 e. The molecule has 0 spiro atoms. The Bertz CT molecular complexity index is 783. The summed E-state index contributed by atoms with van der Waals surface area (Å²) in [7, 11) is 0. The van der Waals surface area contributed by atoms with Crippen LogP contribution in [0.4, 0.5) is 5.95 Å². The zero-order valence-electron chi connectivity index (χ0n) is 12.9. The van der Waals surface area contributed by atoms with Crippen LogP contribution in [0.2, 0.25) is 0 Å². The summed E-state index contributed by atoms with van der Waals surface area (Å²) in [5.74, 6) is -0.513. The van der Waals surface area contributed by atoms with E-state index < -0.39 is 5.91 Å². The van der Waals surface area contributed by atoms with Gasteiger partial charge in [0.15, 0.2) is 0 Å². The van der Waals surface area contributed by atoms with Gasteiger partial charge in [0.25, 0.3) is 0 Å². The van der Waals surface area contributed by atoms with Crippen molar-refractivity contribution in [1.29, 1.82) is 0 Å². The van der Waals surface area contributed by atoms with Crippen LogP contribution in [0.25, 0.3) is 10.9 Å². The van der Waals surface area contributed by atoms with Gasteiger partial charge in [0.2, 0.25) is 23.7 Å². The van der Waals surface area contributed by atoms with Crippen molar-refractivity contribution in [3.63, 3.8) is 0 Å². The van der Waals surface area contributed by atoms with Gasteiger partial charge < -0.3 is 0 Å². The maximum atomic E-state index is 11.2. The van der Waals surface area contributed by atoms with Crippen molar-refractivity contribution < 1.29 is 9.59 Å². The first-order chi connectivity index (χ1) is 10.3. The number of rotatable bonds is 1. The fraction of sp³-hybridized carbons (Fsp3) is 0.267. The van der Waals surface area contributed by atoms with E-state index in [0.29, 0.717) is 0 Å². The lowest BCUT2D eigenvalue weighted by molar-refractivity contribution is -0.117. The molecule has 0 saturated carbocycles. The van der Waals surface area contributed by atoms with Crippen LogP contribution in [-0.4, -0.2) is 27.7 Å². The Balaban J connectivity index is 2.41. The second kappa shape index (κ2) is 6.30. The van der Waals surface area contributed by atoms with Gasteiger partial charge in [-0.05, 0) is 25.5 Å². The summed E-state index contributed by atoms with van der Waals surface area (Å²) in [6, 6.07) is 5.89. The van der Waals surface area contributed by atoms with Gasteiger partial charge in [-0.2, -0.15) is 4.99 Å². The lowest BCUT2D eigenvalue weighted by atomic mass is 10.1. The number of amides is 2. The second-order valence-corrected chi connectivity index (χ2v) is 4.94. The quantitative estimate of drug-likeness (QED) is 0.617. The van der Waals surface area contributed by atoms with E-state index >= 15 is 0 Å². The number of aryl methyl sites for hydroxylation is 2. The average Bonchev–Trinajstić information content (AvgIpc) is 2.36. The van der Waals surface area contributed by atoms with Crippen molar-refractivity contribution in [2.75, 3.05) is 5.32 Å². The molecule has 2 N–H and O–H groups in total. The normalized spacial score (nSPS) is 11.4. The molecule has 22 heavy (non-hydrogen) atoms. The molecular formula is C15H17N5O2. The molecule has 0 aliphatic carbocycles. The van der Waals surface area contributed by atoms with Crippen molar-refractivity contribution in [3.8, 4) is 0 Å². The fourth-order valence-corrected chi connectivity index (χ4v) is 1.97. The Kier molecular flexibility index (Phi) is 4.45. The molecule has 114 valence electrons. The second-order valence-electron chi connectivity index (χ2n) is 4.94. The van der Waals surface area contributed by atoms with Gasteiger partial charge in [-0.3, -0.25) is 20.2 Å². The molecule has 7 heteroatoms. The van der Waals surface area contributed by atoms with Crippen LogP contribution in [0.5, 0.6) is 0 Å². The molecule has 0 unspecified atom stereocenters. The van der Waals surface area contributed by atoms with Crippen molar-refractivity contribution in [2.24, 2.45) is 4.99 Å². The van der Waals surface area contributed by atoms with Crippen molar-refractivity contribution in [1.82, 2.24) is 15.3 Å². The van der Waals surface area contributed by atoms with Gasteiger partial charge in [0, 0.05) is 19.2 Å². The van der Waals surface area contributed by atoms with Crippen LogP contribution >= 0.6 is 0 Å². The molecule has 2 rings (SSSR count). The first-order valence-corrected chi connectivity index (χ1v) is 6.74. The number of benzene rings is 1. The highest BCUT2D eigenvalue weighted by atomic mass is 16.2. The lowest BCUT2D eigenvalue weighted by Crippen LogP contribution is -2.35. The predicted octanol–water partition coefficient (Wildman–Crippen LogP) is 1.70. The third-order valence-corrected chi connectivity index (χ3v) is 2.84. The minimum absolute atomic E-state index is 0.00593. The first-order valence-electron chi connectivity index (χ1n) is 6.74. The predicted molar refractivity (Wildman–Crippen MR) is 84.6 cm³/mol. The van der Waals surface area contributed by atoms with Crippen molar-refractivity contribution >= 4 is 34.6 Å². The number of carbonyl (C=O) groups excluding carboxylic acids is 2. The number of fused-ring (bicyclic) bond motifs is 1. The molecule has 0 radical (unpaired) electrons. The summed E-state index contributed by atoms with van der Waals surface area (Å²) in [4.78, 5) is 34.7. The highest BCUT2D eigenvalue weighted by Crippen LogP contribution is 2.18. The number of guanidine groups is 1. The van der Waals surface area contributed by atoms with Gasteiger partial charge in [-0.1, -0.05) is 12.1 Å². The van der Waals surface area contributed by atoms with E-state index in [1.807, 2.05) is 32.0 Å². The smallest absolute Gasteiger partial charge is 0.245 e. The van der Waals surface area contributed by atoms with Gasteiger partial charge in [-0.25, -0.2) is 9.97 Å². The molecule has 0 aliphatic heterocycles. The highest BCUT2D eigenvalue weighted by Gasteiger charge is 2.09. The van der Waals surface area contributed by atoms with E-state index in [4.69, 9.17) is 0 Å². The van der Waals surface area contributed by atoms with Crippen LogP contribution in [0, 0.1) is 13.8 Å². The number of anilines is 1. The van der Waals surface area contributed by atoms with Gasteiger partial charge in [0.05, 0.1) is 11.2 Å². The number of aromatic nitrogens is 2. The Labute approximate surface area is 127 Å². The highest BCUT2D eigenvalue weighted by molar-refractivity contribution is 6.07. The summed E-state index contributed by atoms with van der Waals surface area (Å²) < 4.78 is 0. The molecular weight excluding hydrogens is 282 g/mol. The zero-order chi connectivity index (χ0) is 16.3. The standard InChI is InChI=1S/C15H17N5O2/c1-8-5-6-12-9(2)16-14(19-13(12)7-8)20-15(17-10(3)21)18-11(4)22/h5-7H,1-4H3,(H2,16,17,18,19,20,21,22). The molecule has 0 atom stereocenters. The van der Waals surface area contributed by atoms with Crippen LogP contribution in [0.15, 0.2) is 23.2 Å². The molecule has 7 nitrogen and oxygen atoms in total. The zero-order valence-corrected chi connectivity index (χ0v) is 12.9. The molecule has 2 aromatic rings. The summed E-state index contributed by atoms with van der Waals surface area (Å²) in [6.45, 7) is 6.46. The fourth-order valence-electron chi connectivity index (χ4n) is 1.97. The van der Waals surface area contributed by atoms with E-state index in [1.165, 1.54) is 13.8 Å². The number of aliphatic imine (C=N–C) groups is 1. The summed E-state index contributed by atoms with van der Waals surface area (Å²) in [5, 5.41) is 6.15. The van der Waals surface area contributed by atoms with Crippen LogP contribution < -0.4 is 10.6 Å². The lowest BCUT2D eigenvalue weighted by Gasteiger charge is -2.10. The van der Waals surface area contributed by atoms with Crippen molar-refractivity contribution in [2.45, 2.75) is 27.7 Å². The van der Waals surface area contributed by atoms with E-state index in [-0.39, 0.29) is 17.8 Å². The molecule has 0 bridgehead atoms. The maximum absolute atomic E-state index is 11.2. The topological polar surface area (TPSA) is 96.3 Å². The Morgan fingerprint density at radius 1 is 1.14 bits per heavy atom. The number of hydrogen-bond acceptors (Lipinski definition) is 4. The van der Waals surface area contributed by atoms with Gasteiger partial charge >= 0.3 is 0 Å². The molecule has 1 aromatic carbocycles. The number of nitrogens with zero attached hydrogens (tertiary/aromatic N) is 3. The third-order valence-electron chi connectivity index (χ3n) is 2.84. The average molecular weight is 299 g/mol. The molecule has 0 aliphatic rings. The largest absolute Gasteiger partial charge is 0.296 e. The van der Waals surface area contributed by atoms with Crippen LogP contribution in [0.1, 0.15) is 25.1 Å². The van der Waals surface area contributed by atoms with E-state index in [2.05, 4.69) is 25.6 Å². The summed E-state index contributed by atoms with van der Waals surface area (Å²) >= 11 is 0. The van der Waals surface area contributed by atoms with E-state index in [9.17, 15) is 9.59 Å². The SMILES string of the molecule is CC(=O)/N=C(\NC(C)=O)Nc1nc(C)c2ccc(C)cc2n1. The number of hydrogen-bond donors (Lipinski definition) is 2. The monoisotopic (exact) mass is 299 g/mol. The van der Waals surface area contributed by atoms with Gasteiger partial charge in [-0.15, -0.1) is 0 Å². The van der Waals surface area contributed by atoms with E-state index in [0.717, 1.165) is 22.2 Å². The van der Waals surface area contributed by atoms with E-state index in [1.54, 1.807) is 0 Å². The first kappa shape index (κ1) is 15.6. The molecule has 1 aromatic heterocycles. The van der Waals surface area contributed by atoms with Crippen LogP contribution in [-0.2, 0) is 9.59 Å². The summed E-state index contributed by atoms with van der Waals surface area (Å²) in [6.07, 6.45) is 0. The maximum Gasteiger partial charge on any atom is 0.245 e. The Hall–Kier alpha value is -2.83.